The van der Waals surface area contributed by atoms with Gasteiger partial charge in [-0.05, 0) is 44.4 Å². The van der Waals surface area contributed by atoms with Gasteiger partial charge in [0.1, 0.15) is 0 Å². The maximum atomic E-state index is 12.2. The summed E-state index contributed by atoms with van der Waals surface area (Å²) in [5.74, 6) is 0.157. The number of carbonyl (C=O) groups excluding carboxylic acids is 2. The third-order valence-corrected chi connectivity index (χ3v) is 4.42. The number of para-hydroxylation sites is 2. The fourth-order valence-electron chi connectivity index (χ4n) is 3.24. The first-order valence-corrected chi connectivity index (χ1v) is 8.16. The van der Waals surface area contributed by atoms with Gasteiger partial charge in [-0.2, -0.15) is 0 Å². The summed E-state index contributed by atoms with van der Waals surface area (Å²) in [6, 6.07) is 8.03. The van der Waals surface area contributed by atoms with E-state index < -0.39 is 0 Å². The van der Waals surface area contributed by atoms with Crippen LogP contribution < -0.4 is 15.5 Å². The summed E-state index contributed by atoms with van der Waals surface area (Å²) < 4.78 is 0. The van der Waals surface area contributed by atoms with E-state index in [1.807, 2.05) is 24.3 Å². The lowest BCUT2D eigenvalue weighted by Crippen LogP contribution is -2.26. The summed E-state index contributed by atoms with van der Waals surface area (Å²) >= 11 is 0. The van der Waals surface area contributed by atoms with E-state index >= 15 is 0 Å². The Hall–Kier alpha value is -1.59. The van der Waals surface area contributed by atoms with Gasteiger partial charge in [-0.1, -0.05) is 12.1 Å². The Bertz CT molecular complexity index is 559. The van der Waals surface area contributed by atoms with Crippen molar-refractivity contribution in [3.05, 3.63) is 24.3 Å². The van der Waals surface area contributed by atoms with E-state index in [0.29, 0.717) is 18.9 Å². The molecule has 2 aliphatic heterocycles. The van der Waals surface area contributed by atoms with Crippen LogP contribution in [0.2, 0.25) is 0 Å². The summed E-state index contributed by atoms with van der Waals surface area (Å²) in [6.45, 7) is 1.80. The first-order valence-electron chi connectivity index (χ1n) is 8.16. The second-order valence-electron chi connectivity index (χ2n) is 6.05. The standard InChI is InChI=1S/C17H23N3O2.ClH/c21-16(10-9-13-5-3-11-18-13)19-14-6-1-2-7-15(14)20-12-4-8-17(20)22;/h1-2,6-7,13,18H,3-5,8-12H2,(H,19,21);1H. The molecule has 3 rings (SSSR count). The van der Waals surface area contributed by atoms with Gasteiger partial charge in [-0.25, -0.2) is 0 Å². The summed E-state index contributed by atoms with van der Waals surface area (Å²) in [5.41, 5.74) is 1.56. The summed E-state index contributed by atoms with van der Waals surface area (Å²) in [4.78, 5) is 25.9. The molecule has 0 bridgehead atoms. The van der Waals surface area contributed by atoms with E-state index in [4.69, 9.17) is 0 Å². The predicted molar refractivity (Wildman–Crippen MR) is 94.2 cm³/mol. The Morgan fingerprint density at radius 3 is 2.83 bits per heavy atom. The Kier molecular flexibility index (Phi) is 6.42. The van der Waals surface area contributed by atoms with E-state index in [1.54, 1.807) is 4.90 Å². The molecule has 23 heavy (non-hydrogen) atoms. The van der Waals surface area contributed by atoms with Crippen LogP contribution in [0.25, 0.3) is 0 Å². The first-order chi connectivity index (χ1) is 10.7. The molecule has 126 valence electrons. The van der Waals surface area contributed by atoms with Crippen molar-refractivity contribution in [1.82, 2.24) is 5.32 Å². The molecule has 0 spiro atoms. The van der Waals surface area contributed by atoms with Crippen molar-refractivity contribution in [2.45, 2.75) is 44.6 Å². The molecule has 1 atom stereocenters. The quantitative estimate of drug-likeness (QED) is 0.868. The van der Waals surface area contributed by atoms with Crippen molar-refractivity contribution in [3.63, 3.8) is 0 Å². The minimum Gasteiger partial charge on any atom is -0.324 e. The molecule has 2 saturated heterocycles. The Morgan fingerprint density at radius 1 is 1.30 bits per heavy atom. The average molecular weight is 338 g/mol. The number of anilines is 2. The lowest BCUT2D eigenvalue weighted by atomic mass is 10.1. The van der Waals surface area contributed by atoms with E-state index in [-0.39, 0.29) is 24.2 Å². The van der Waals surface area contributed by atoms with E-state index in [1.165, 1.54) is 6.42 Å². The molecule has 1 aromatic carbocycles. The van der Waals surface area contributed by atoms with Gasteiger partial charge in [0.2, 0.25) is 11.8 Å². The number of nitrogens with zero attached hydrogens (tertiary/aromatic N) is 1. The van der Waals surface area contributed by atoms with Crippen molar-refractivity contribution < 1.29 is 9.59 Å². The highest BCUT2D eigenvalue weighted by atomic mass is 35.5. The molecule has 0 radical (unpaired) electrons. The molecular weight excluding hydrogens is 314 g/mol. The third kappa shape index (κ3) is 4.45. The zero-order valence-corrected chi connectivity index (χ0v) is 14.0. The lowest BCUT2D eigenvalue weighted by Gasteiger charge is -2.20. The number of carbonyl (C=O) groups is 2. The van der Waals surface area contributed by atoms with Gasteiger partial charge >= 0.3 is 0 Å². The van der Waals surface area contributed by atoms with Crippen LogP contribution in [0.4, 0.5) is 11.4 Å². The van der Waals surface area contributed by atoms with Crippen LogP contribution in [-0.4, -0.2) is 30.9 Å². The Balaban J connectivity index is 0.00000192. The molecule has 0 aromatic heterocycles. The van der Waals surface area contributed by atoms with Gasteiger partial charge in [-0.15, -0.1) is 12.4 Å². The molecule has 1 unspecified atom stereocenters. The highest BCUT2D eigenvalue weighted by molar-refractivity contribution is 6.02. The van der Waals surface area contributed by atoms with Crippen molar-refractivity contribution >= 4 is 35.6 Å². The van der Waals surface area contributed by atoms with Crippen LogP contribution in [0, 0.1) is 0 Å². The summed E-state index contributed by atoms with van der Waals surface area (Å²) in [7, 11) is 0. The van der Waals surface area contributed by atoms with Gasteiger partial charge in [0.25, 0.3) is 0 Å². The topological polar surface area (TPSA) is 61.4 Å². The molecule has 2 fully saturated rings. The van der Waals surface area contributed by atoms with Gasteiger partial charge in [0.15, 0.2) is 0 Å². The molecule has 2 amide bonds. The molecule has 5 nitrogen and oxygen atoms in total. The van der Waals surface area contributed by atoms with Crippen LogP contribution in [-0.2, 0) is 9.59 Å². The van der Waals surface area contributed by atoms with Crippen LogP contribution in [0.5, 0.6) is 0 Å². The number of amides is 2. The van der Waals surface area contributed by atoms with Crippen molar-refractivity contribution in [2.24, 2.45) is 0 Å². The van der Waals surface area contributed by atoms with E-state index in [2.05, 4.69) is 10.6 Å². The number of rotatable bonds is 5. The number of nitrogens with one attached hydrogen (secondary N) is 2. The monoisotopic (exact) mass is 337 g/mol. The molecule has 0 aliphatic carbocycles. The Labute approximate surface area is 143 Å². The van der Waals surface area contributed by atoms with Gasteiger partial charge in [-0.3, -0.25) is 9.59 Å². The highest BCUT2D eigenvalue weighted by Gasteiger charge is 2.24. The number of halogens is 1. The normalized spacial score (nSPS) is 20.4. The van der Waals surface area contributed by atoms with Crippen molar-refractivity contribution in [2.75, 3.05) is 23.3 Å². The molecule has 2 aliphatic rings. The molecule has 2 heterocycles. The van der Waals surface area contributed by atoms with Crippen LogP contribution in [0.3, 0.4) is 0 Å². The number of benzene rings is 1. The Morgan fingerprint density at radius 2 is 2.13 bits per heavy atom. The fourth-order valence-corrected chi connectivity index (χ4v) is 3.24. The minimum absolute atomic E-state index is 0. The minimum atomic E-state index is 0. The van der Waals surface area contributed by atoms with E-state index in [0.717, 1.165) is 43.7 Å². The average Bonchev–Trinajstić information content (AvgIpc) is 3.17. The zero-order chi connectivity index (χ0) is 15.4. The second kappa shape index (κ2) is 8.31. The van der Waals surface area contributed by atoms with Gasteiger partial charge in [0, 0.05) is 25.4 Å². The summed E-state index contributed by atoms with van der Waals surface area (Å²) in [5, 5.41) is 6.38. The smallest absolute Gasteiger partial charge is 0.227 e. The predicted octanol–water partition coefficient (Wildman–Crippen LogP) is 2.71. The number of hydrogen-bond donors (Lipinski definition) is 2. The van der Waals surface area contributed by atoms with E-state index in [9.17, 15) is 9.59 Å². The summed E-state index contributed by atoms with van der Waals surface area (Å²) in [6.07, 6.45) is 5.22. The zero-order valence-electron chi connectivity index (χ0n) is 13.2. The molecular formula is C17H24ClN3O2. The van der Waals surface area contributed by atoms with Gasteiger partial charge in [0.05, 0.1) is 11.4 Å². The fraction of sp³-hybridized carbons (Fsp3) is 0.529. The van der Waals surface area contributed by atoms with Crippen LogP contribution >= 0.6 is 12.4 Å². The number of hydrogen-bond acceptors (Lipinski definition) is 3. The highest BCUT2D eigenvalue weighted by Crippen LogP contribution is 2.29. The van der Waals surface area contributed by atoms with Crippen LogP contribution in [0.15, 0.2) is 24.3 Å². The maximum absolute atomic E-state index is 12.2. The van der Waals surface area contributed by atoms with Crippen molar-refractivity contribution in [1.29, 1.82) is 0 Å². The first kappa shape index (κ1) is 17.8. The van der Waals surface area contributed by atoms with Crippen LogP contribution in [0.1, 0.15) is 38.5 Å². The molecule has 0 saturated carbocycles. The molecule has 2 N–H and O–H groups in total. The SMILES string of the molecule is Cl.O=C(CCC1CCCN1)Nc1ccccc1N1CCCC1=O. The second-order valence-corrected chi connectivity index (χ2v) is 6.05. The third-order valence-electron chi connectivity index (χ3n) is 4.42. The largest absolute Gasteiger partial charge is 0.324 e. The lowest BCUT2D eigenvalue weighted by molar-refractivity contribution is -0.117. The maximum Gasteiger partial charge on any atom is 0.227 e. The molecule has 1 aromatic rings. The molecule has 6 heteroatoms. The van der Waals surface area contributed by atoms with Crippen molar-refractivity contribution in [3.8, 4) is 0 Å². The van der Waals surface area contributed by atoms with Gasteiger partial charge < -0.3 is 15.5 Å².